The normalized spacial score (nSPS) is 13.8. The maximum atomic E-state index is 15.9. The molecule has 0 spiro atoms. The van der Waals surface area contributed by atoms with Crippen LogP contribution in [0.1, 0.15) is 33.4 Å². The molecule has 0 fully saturated rings. The number of benzene rings is 6. The van der Waals surface area contributed by atoms with Crippen LogP contribution in [0.15, 0.2) is 121 Å². The summed E-state index contributed by atoms with van der Waals surface area (Å²) in [5, 5.41) is 0. The number of hydrogen-bond acceptors (Lipinski definition) is 6. The lowest BCUT2D eigenvalue weighted by Gasteiger charge is -2.39. The van der Waals surface area contributed by atoms with Crippen LogP contribution < -0.4 is 8.37 Å². The smallest absolute Gasteiger partial charge is 0.382 e. The molecule has 6 nitrogen and oxygen atoms in total. The second-order valence-corrected chi connectivity index (χ2v) is 17.2. The number of halogens is 6. The summed E-state index contributed by atoms with van der Waals surface area (Å²) < 4.78 is 155. The van der Waals surface area contributed by atoms with Crippen LogP contribution in [0.2, 0.25) is 0 Å². The van der Waals surface area contributed by atoms with Gasteiger partial charge in [0.05, 0.1) is 12.5 Å². The van der Waals surface area contributed by atoms with Crippen LogP contribution in [0.5, 0.6) is 11.5 Å². The van der Waals surface area contributed by atoms with E-state index in [2.05, 4.69) is 0 Å². The average molecular weight is 821 g/mol. The van der Waals surface area contributed by atoms with Gasteiger partial charge in [0.2, 0.25) is 5.41 Å². The Morgan fingerprint density at radius 2 is 0.772 bits per heavy atom. The first-order valence-corrected chi connectivity index (χ1v) is 21.0. The van der Waals surface area contributed by atoms with Crippen molar-refractivity contribution in [3.8, 4) is 56.0 Å². The largest absolute Gasteiger partial charge is 0.411 e. The van der Waals surface area contributed by atoms with E-state index in [-0.39, 0.29) is 35.1 Å². The predicted molar refractivity (Wildman–Crippen MR) is 204 cm³/mol. The first-order valence-electron chi connectivity index (χ1n) is 17.4. The highest BCUT2D eigenvalue weighted by Gasteiger charge is 2.72. The highest BCUT2D eigenvalue weighted by Crippen LogP contribution is 2.58. The van der Waals surface area contributed by atoms with Crippen molar-refractivity contribution in [2.75, 3.05) is 12.5 Å². The van der Waals surface area contributed by atoms with Gasteiger partial charge >= 0.3 is 32.6 Å². The van der Waals surface area contributed by atoms with Gasteiger partial charge in [0.25, 0.3) is 0 Å². The fourth-order valence-electron chi connectivity index (χ4n) is 8.22. The Kier molecular flexibility index (Phi) is 8.89. The van der Waals surface area contributed by atoms with Crippen LogP contribution in [0.4, 0.5) is 26.3 Å². The van der Waals surface area contributed by atoms with E-state index in [1.54, 1.807) is 48.5 Å². The van der Waals surface area contributed by atoms with E-state index < -0.39 is 60.6 Å². The van der Waals surface area contributed by atoms with Gasteiger partial charge in [-0.3, -0.25) is 0 Å². The maximum absolute atomic E-state index is 15.9. The van der Waals surface area contributed by atoms with Crippen LogP contribution in [0.3, 0.4) is 0 Å². The summed E-state index contributed by atoms with van der Waals surface area (Å²) in [5.74, 6) is -0.943. The van der Waals surface area contributed by atoms with Crippen molar-refractivity contribution >= 4 is 20.2 Å². The number of fused-ring (bicyclic) bond motifs is 6. The Morgan fingerprint density at radius 1 is 0.439 bits per heavy atom. The van der Waals surface area contributed by atoms with Crippen LogP contribution in [0.25, 0.3) is 44.5 Å². The van der Waals surface area contributed by atoms with Crippen molar-refractivity contribution in [2.45, 2.75) is 30.6 Å². The van der Waals surface area contributed by atoms with E-state index in [1.165, 1.54) is 12.1 Å². The van der Waals surface area contributed by atoms with E-state index in [0.717, 1.165) is 34.4 Å². The summed E-state index contributed by atoms with van der Waals surface area (Å²) in [6.45, 7) is 0. The third-order valence-corrected chi connectivity index (χ3v) is 11.4. The van der Waals surface area contributed by atoms with Gasteiger partial charge in [-0.05, 0) is 104 Å². The molecule has 0 unspecified atom stereocenters. The molecule has 0 amide bonds. The molecular formula is C43H30F6O6S2. The molecule has 0 heterocycles. The quantitative estimate of drug-likeness (QED) is 0.112. The third kappa shape index (κ3) is 6.54. The monoisotopic (exact) mass is 820 g/mol. The van der Waals surface area contributed by atoms with Crippen LogP contribution >= 0.6 is 0 Å². The molecule has 2 aliphatic rings. The molecule has 2 aliphatic carbocycles. The molecule has 0 N–H and O–H groups in total. The molecule has 0 radical (unpaired) electrons. The SMILES string of the molecule is CS(=O)(=O)Oc1ccc(C(c2ccc(OS(C)(=O)=O)c(-c3cccc4c3Cc3ccccc3-4)c2)(C(F)(F)F)C(F)(F)F)cc1-c1cccc2c1Cc1ccccc1-2. The van der Waals surface area contributed by atoms with Gasteiger partial charge in [-0.25, -0.2) is 0 Å². The molecular weight excluding hydrogens is 791 g/mol. The topological polar surface area (TPSA) is 86.7 Å². The van der Waals surface area contributed by atoms with Crippen LogP contribution in [-0.2, 0) is 38.5 Å². The van der Waals surface area contributed by atoms with Crippen molar-refractivity contribution in [1.82, 2.24) is 0 Å². The van der Waals surface area contributed by atoms with Crippen LogP contribution in [0, 0.1) is 0 Å². The summed E-state index contributed by atoms with van der Waals surface area (Å²) in [6.07, 6.45) is -10.2. The molecule has 0 aromatic heterocycles. The Balaban J connectivity index is 1.40. The molecule has 6 aromatic carbocycles. The molecule has 14 heteroatoms. The molecule has 0 saturated heterocycles. The highest BCUT2D eigenvalue weighted by atomic mass is 32.2. The Labute approximate surface area is 324 Å². The van der Waals surface area contributed by atoms with E-state index in [4.69, 9.17) is 8.37 Å². The molecule has 57 heavy (non-hydrogen) atoms. The Hall–Kier alpha value is -5.60. The van der Waals surface area contributed by atoms with Crippen molar-refractivity contribution < 1.29 is 51.5 Å². The summed E-state index contributed by atoms with van der Waals surface area (Å²) in [7, 11) is -8.64. The lowest BCUT2D eigenvalue weighted by atomic mass is 9.71. The standard InChI is InChI=1S/C43H30F6O6S2/c1-56(50,51)54-39-19-17-27(23-37(39)33-15-7-13-31-29-11-5-3-9-25(29)21-35(31)33)41(42(44,45)46,43(47,48)49)28-18-20-40(55-57(2,52)53)38(24-28)34-16-8-14-32-30-12-6-4-10-26(30)22-36(32)34/h3-20,23-24H,21-22H2,1-2H3. The van der Waals surface area contributed by atoms with Gasteiger partial charge in [-0.1, -0.05) is 97.1 Å². The molecule has 6 aromatic rings. The molecule has 292 valence electrons. The van der Waals surface area contributed by atoms with E-state index in [1.807, 2.05) is 24.3 Å². The highest BCUT2D eigenvalue weighted by molar-refractivity contribution is 7.86. The van der Waals surface area contributed by atoms with Gasteiger partial charge in [0.15, 0.2) is 0 Å². The minimum absolute atomic E-state index is 0.180. The number of rotatable bonds is 8. The lowest BCUT2D eigenvalue weighted by molar-refractivity contribution is -0.288. The lowest BCUT2D eigenvalue weighted by Crippen LogP contribution is -2.54. The average Bonchev–Trinajstić information content (AvgIpc) is 3.69. The van der Waals surface area contributed by atoms with Crippen LogP contribution in [-0.4, -0.2) is 41.7 Å². The summed E-state index contributed by atoms with van der Waals surface area (Å²) >= 11 is 0. The fraction of sp³-hybridized carbons (Fsp3) is 0.163. The van der Waals surface area contributed by atoms with Crippen molar-refractivity contribution in [3.05, 3.63) is 155 Å². The van der Waals surface area contributed by atoms with Gasteiger partial charge in [0, 0.05) is 11.1 Å². The van der Waals surface area contributed by atoms with Gasteiger partial charge in [-0.15, -0.1) is 0 Å². The minimum Gasteiger partial charge on any atom is -0.382 e. The maximum Gasteiger partial charge on any atom is 0.411 e. The molecule has 0 aliphatic heterocycles. The molecule has 0 atom stereocenters. The predicted octanol–water partition coefficient (Wildman–Crippen LogP) is 10.3. The zero-order valence-corrected chi connectivity index (χ0v) is 31.6. The first-order chi connectivity index (χ1) is 26.8. The summed E-state index contributed by atoms with van der Waals surface area (Å²) in [6, 6.07) is 28.3. The fourth-order valence-corrected chi connectivity index (χ4v) is 9.16. The molecule has 0 saturated carbocycles. The number of hydrogen-bond donors (Lipinski definition) is 0. The second-order valence-electron chi connectivity index (χ2n) is 14.1. The summed E-state index contributed by atoms with van der Waals surface area (Å²) in [5.41, 5.74) is -1.72. The second kappa shape index (κ2) is 13.2. The Bertz CT molecular complexity index is 2650. The van der Waals surface area contributed by atoms with E-state index >= 15 is 26.3 Å². The third-order valence-electron chi connectivity index (χ3n) is 10.4. The van der Waals surface area contributed by atoms with Crippen molar-refractivity contribution in [3.63, 3.8) is 0 Å². The number of alkyl halides is 6. The van der Waals surface area contributed by atoms with Gasteiger partial charge in [0.1, 0.15) is 11.5 Å². The van der Waals surface area contributed by atoms with E-state index in [0.29, 0.717) is 59.0 Å². The van der Waals surface area contributed by atoms with Crippen molar-refractivity contribution in [1.29, 1.82) is 0 Å². The van der Waals surface area contributed by atoms with E-state index in [9.17, 15) is 16.8 Å². The van der Waals surface area contributed by atoms with Gasteiger partial charge < -0.3 is 8.37 Å². The summed E-state index contributed by atoms with van der Waals surface area (Å²) in [4.78, 5) is 0. The zero-order chi connectivity index (χ0) is 40.7. The molecule has 8 rings (SSSR count). The zero-order valence-electron chi connectivity index (χ0n) is 30.0. The minimum atomic E-state index is -6.07. The first kappa shape index (κ1) is 38.3. The molecule has 0 bridgehead atoms. The Morgan fingerprint density at radius 3 is 1.12 bits per heavy atom. The van der Waals surface area contributed by atoms with Crippen molar-refractivity contribution in [2.24, 2.45) is 0 Å². The van der Waals surface area contributed by atoms with Gasteiger partial charge in [-0.2, -0.15) is 43.2 Å².